The van der Waals surface area contributed by atoms with Gasteiger partial charge in [-0.25, -0.2) is 4.79 Å². The molecule has 1 aromatic carbocycles. The number of benzene rings is 1. The number of hydrogen-bond acceptors (Lipinski definition) is 6. The number of rotatable bonds is 2. The lowest BCUT2D eigenvalue weighted by atomic mass is 9.85. The molecule has 2 aliphatic rings. The smallest absolute Gasteiger partial charge is 0.356 e. The number of nitrogens with one attached hydrogen (secondary N) is 2. The van der Waals surface area contributed by atoms with Crippen LogP contribution in [0.4, 0.5) is 5.82 Å². The van der Waals surface area contributed by atoms with E-state index in [9.17, 15) is 9.59 Å². The van der Waals surface area contributed by atoms with E-state index in [1.54, 1.807) is 0 Å². The van der Waals surface area contributed by atoms with Crippen molar-refractivity contribution in [1.29, 1.82) is 0 Å². The molecule has 0 fully saturated rings. The third kappa shape index (κ3) is 2.27. The molecule has 2 aliphatic heterocycles. The molecule has 8 nitrogen and oxygen atoms in total. The SMILES string of the molecule is COC(=O)c1[nH]nc2c1C(c1ccc3c(c1)OCCO3)CC(=O)N2. The zero-order chi connectivity index (χ0) is 16.7. The van der Waals surface area contributed by atoms with Crippen molar-refractivity contribution < 1.29 is 23.8 Å². The summed E-state index contributed by atoms with van der Waals surface area (Å²) in [5.74, 6) is 0.650. The van der Waals surface area contributed by atoms with E-state index in [0.29, 0.717) is 36.1 Å². The summed E-state index contributed by atoms with van der Waals surface area (Å²) >= 11 is 0. The number of carbonyl (C=O) groups is 2. The van der Waals surface area contributed by atoms with Crippen LogP contribution in [0.5, 0.6) is 11.5 Å². The quantitative estimate of drug-likeness (QED) is 0.808. The van der Waals surface area contributed by atoms with E-state index in [1.807, 2.05) is 18.2 Å². The molecule has 0 bridgehead atoms. The van der Waals surface area contributed by atoms with Gasteiger partial charge in [-0.2, -0.15) is 5.10 Å². The number of hydrogen-bond donors (Lipinski definition) is 2. The molecule has 0 aliphatic carbocycles. The molecule has 0 spiro atoms. The lowest BCUT2D eigenvalue weighted by Gasteiger charge is -2.25. The molecule has 1 amide bonds. The van der Waals surface area contributed by atoms with Gasteiger partial charge in [-0.3, -0.25) is 9.89 Å². The number of fused-ring (bicyclic) bond motifs is 2. The van der Waals surface area contributed by atoms with Crippen molar-refractivity contribution in [1.82, 2.24) is 10.2 Å². The first kappa shape index (κ1) is 14.6. The van der Waals surface area contributed by atoms with Crippen molar-refractivity contribution >= 4 is 17.7 Å². The van der Waals surface area contributed by atoms with Crippen LogP contribution in [0.15, 0.2) is 18.2 Å². The molecule has 0 saturated heterocycles. The number of methoxy groups -OCH3 is 1. The Labute approximate surface area is 137 Å². The molecule has 1 aromatic heterocycles. The van der Waals surface area contributed by atoms with Gasteiger partial charge in [0.25, 0.3) is 0 Å². The summed E-state index contributed by atoms with van der Waals surface area (Å²) in [5, 5.41) is 9.36. The Hall–Kier alpha value is -3.03. The third-order valence-electron chi connectivity index (χ3n) is 4.16. The van der Waals surface area contributed by atoms with Crippen LogP contribution in [0, 0.1) is 0 Å². The van der Waals surface area contributed by atoms with Crippen LogP contribution in [0.25, 0.3) is 0 Å². The molecule has 124 valence electrons. The minimum absolute atomic E-state index is 0.162. The molecule has 1 unspecified atom stereocenters. The van der Waals surface area contributed by atoms with E-state index >= 15 is 0 Å². The van der Waals surface area contributed by atoms with Gasteiger partial charge < -0.3 is 19.5 Å². The average molecular weight is 329 g/mol. The fraction of sp³-hybridized carbons (Fsp3) is 0.312. The maximum absolute atomic E-state index is 12.0. The van der Waals surface area contributed by atoms with Crippen LogP contribution in [-0.4, -0.2) is 42.4 Å². The lowest BCUT2D eigenvalue weighted by molar-refractivity contribution is -0.116. The highest BCUT2D eigenvalue weighted by molar-refractivity contribution is 5.98. The molecular formula is C16H15N3O5. The first-order valence-corrected chi connectivity index (χ1v) is 7.53. The van der Waals surface area contributed by atoms with Crippen LogP contribution in [0.1, 0.15) is 34.0 Å². The number of esters is 1. The summed E-state index contributed by atoms with van der Waals surface area (Å²) in [7, 11) is 1.30. The van der Waals surface area contributed by atoms with Crippen LogP contribution in [0.3, 0.4) is 0 Å². The predicted octanol–water partition coefficient (Wildman–Crippen LogP) is 1.44. The Kier molecular flexibility index (Phi) is 3.37. The van der Waals surface area contributed by atoms with Crippen LogP contribution >= 0.6 is 0 Å². The van der Waals surface area contributed by atoms with Gasteiger partial charge in [-0.05, 0) is 17.7 Å². The minimum Gasteiger partial charge on any atom is -0.486 e. The second-order valence-electron chi connectivity index (χ2n) is 5.56. The Bertz CT molecular complexity index is 829. The van der Waals surface area contributed by atoms with Crippen molar-refractivity contribution in [3.05, 3.63) is 35.0 Å². The summed E-state index contributed by atoms with van der Waals surface area (Å²) in [5.41, 5.74) is 1.72. The lowest BCUT2D eigenvalue weighted by Crippen LogP contribution is -2.24. The van der Waals surface area contributed by atoms with E-state index in [4.69, 9.17) is 14.2 Å². The van der Waals surface area contributed by atoms with E-state index in [2.05, 4.69) is 15.5 Å². The number of amides is 1. The normalized spacial score (nSPS) is 18.5. The number of H-pyrrole nitrogens is 1. The largest absolute Gasteiger partial charge is 0.486 e. The second kappa shape index (κ2) is 5.55. The van der Waals surface area contributed by atoms with Gasteiger partial charge in [-0.15, -0.1) is 0 Å². The molecule has 0 saturated carbocycles. The van der Waals surface area contributed by atoms with Crippen molar-refractivity contribution in [2.24, 2.45) is 0 Å². The van der Waals surface area contributed by atoms with Crippen LogP contribution in [-0.2, 0) is 9.53 Å². The summed E-state index contributed by atoms with van der Waals surface area (Å²) in [6, 6.07) is 5.53. The number of aromatic amines is 1. The fourth-order valence-electron chi connectivity index (χ4n) is 3.07. The summed E-state index contributed by atoms with van der Waals surface area (Å²) < 4.78 is 15.9. The zero-order valence-corrected chi connectivity index (χ0v) is 12.9. The zero-order valence-electron chi connectivity index (χ0n) is 12.9. The Morgan fingerprint density at radius 1 is 1.29 bits per heavy atom. The molecule has 8 heteroatoms. The number of ether oxygens (including phenoxy) is 3. The van der Waals surface area contributed by atoms with Gasteiger partial charge in [0, 0.05) is 17.9 Å². The van der Waals surface area contributed by atoms with Crippen molar-refractivity contribution in [3.63, 3.8) is 0 Å². The topological polar surface area (TPSA) is 103 Å². The van der Waals surface area contributed by atoms with E-state index in [-0.39, 0.29) is 23.9 Å². The number of carbonyl (C=O) groups excluding carboxylic acids is 2. The van der Waals surface area contributed by atoms with E-state index in [0.717, 1.165) is 5.56 Å². The summed E-state index contributed by atoms with van der Waals surface area (Å²) in [4.78, 5) is 24.0. The highest BCUT2D eigenvalue weighted by Gasteiger charge is 2.34. The molecule has 2 aromatic rings. The molecule has 2 N–H and O–H groups in total. The second-order valence-corrected chi connectivity index (χ2v) is 5.56. The highest BCUT2D eigenvalue weighted by Crippen LogP contribution is 2.41. The monoisotopic (exact) mass is 329 g/mol. The molecule has 3 heterocycles. The van der Waals surface area contributed by atoms with Crippen LogP contribution < -0.4 is 14.8 Å². The van der Waals surface area contributed by atoms with Crippen molar-refractivity contribution in [2.45, 2.75) is 12.3 Å². The molecule has 24 heavy (non-hydrogen) atoms. The first-order valence-electron chi connectivity index (χ1n) is 7.53. The van der Waals surface area contributed by atoms with Gasteiger partial charge in [-0.1, -0.05) is 6.07 Å². The fourth-order valence-corrected chi connectivity index (χ4v) is 3.07. The van der Waals surface area contributed by atoms with Gasteiger partial charge in [0.15, 0.2) is 17.3 Å². The maximum Gasteiger partial charge on any atom is 0.356 e. The summed E-state index contributed by atoms with van der Waals surface area (Å²) in [6.07, 6.45) is 0.205. The van der Waals surface area contributed by atoms with Crippen molar-refractivity contribution in [3.8, 4) is 11.5 Å². The standard InChI is InChI=1S/C16H15N3O5/c1-22-16(21)14-13-9(7-12(20)17-15(13)19-18-14)8-2-3-10-11(6-8)24-5-4-23-10/h2-3,6,9H,4-5,7H2,1H3,(H2,17,18,19,20). The highest BCUT2D eigenvalue weighted by atomic mass is 16.6. The third-order valence-corrected chi connectivity index (χ3v) is 4.16. The van der Waals surface area contributed by atoms with Crippen LogP contribution in [0.2, 0.25) is 0 Å². The predicted molar refractivity (Wildman–Crippen MR) is 82.4 cm³/mol. The van der Waals surface area contributed by atoms with Gasteiger partial charge in [0.1, 0.15) is 18.9 Å². The summed E-state index contributed by atoms with van der Waals surface area (Å²) in [6.45, 7) is 0.989. The van der Waals surface area contributed by atoms with Gasteiger partial charge >= 0.3 is 5.97 Å². The molecule has 1 atom stereocenters. The Morgan fingerprint density at radius 2 is 2.08 bits per heavy atom. The molecule has 4 rings (SSSR count). The number of aromatic nitrogens is 2. The van der Waals surface area contributed by atoms with E-state index in [1.165, 1.54) is 7.11 Å². The average Bonchev–Trinajstić information content (AvgIpc) is 3.03. The van der Waals surface area contributed by atoms with Gasteiger partial charge in [0.05, 0.1) is 7.11 Å². The number of nitrogens with zero attached hydrogens (tertiary/aromatic N) is 1. The molecular weight excluding hydrogens is 314 g/mol. The Balaban J connectivity index is 1.80. The maximum atomic E-state index is 12.0. The number of anilines is 1. The van der Waals surface area contributed by atoms with Crippen molar-refractivity contribution in [2.75, 3.05) is 25.6 Å². The Morgan fingerprint density at radius 3 is 2.88 bits per heavy atom. The van der Waals surface area contributed by atoms with E-state index < -0.39 is 5.97 Å². The first-order chi connectivity index (χ1) is 11.7. The molecule has 0 radical (unpaired) electrons. The minimum atomic E-state index is -0.526. The van der Waals surface area contributed by atoms with Gasteiger partial charge in [0.2, 0.25) is 5.91 Å².